The van der Waals surface area contributed by atoms with E-state index in [9.17, 15) is 24.0 Å². The summed E-state index contributed by atoms with van der Waals surface area (Å²) in [5.74, 6) is -1.84. The van der Waals surface area contributed by atoms with E-state index in [4.69, 9.17) is 15.2 Å². The first-order valence-electron chi connectivity index (χ1n) is 7.19. The standard InChI is InChI=1S/C15H16FN3O6/c1-8(19(23)15(17)22)7-18-14(21)13-11(20)6-12(25-13)24-10-4-2-9(16)3-5-10/h2-6,8,13,23H,7H2,1H3,(H2,17,22)(H,18,21). The number of hydrogen-bond acceptors (Lipinski definition) is 6. The molecule has 0 saturated carbocycles. The van der Waals surface area contributed by atoms with Crippen LogP contribution in [0.3, 0.4) is 0 Å². The lowest BCUT2D eigenvalue weighted by molar-refractivity contribution is -0.138. The van der Waals surface area contributed by atoms with E-state index in [0.29, 0.717) is 0 Å². The summed E-state index contributed by atoms with van der Waals surface area (Å²) in [6.07, 6.45) is -0.456. The number of benzene rings is 1. The number of rotatable bonds is 6. The van der Waals surface area contributed by atoms with Gasteiger partial charge in [-0.25, -0.2) is 14.2 Å². The molecule has 1 aliphatic rings. The van der Waals surface area contributed by atoms with Crippen molar-refractivity contribution in [3.63, 3.8) is 0 Å². The summed E-state index contributed by atoms with van der Waals surface area (Å²) < 4.78 is 23.2. The molecule has 0 bridgehead atoms. The smallest absolute Gasteiger partial charge is 0.338 e. The third-order valence-electron chi connectivity index (χ3n) is 3.24. The molecular weight excluding hydrogens is 337 g/mol. The van der Waals surface area contributed by atoms with Crippen molar-refractivity contribution in [1.82, 2.24) is 10.4 Å². The first-order valence-corrected chi connectivity index (χ1v) is 7.19. The Balaban J connectivity index is 1.87. The summed E-state index contributed by atoms with van der Waals surface area (Å²) in [6, 6.07) is 3.11. The first-order chi connectivity index (χ1) is 11.8. The largest absolute Gasteiger partial charge is 0.443 e. The van der Waals surface area contributed by atoms with Gasteiger partial charge in [-0.05, 0) is 31.2 Å². The quantitative estimate of drug-likeness (QED) is 0.383. The maximum atomic E-state index is 12.8. The third kappa shape index (κ3) is 4.67. The van der Waals surface area contributed by atoms with Crippen LogP contribution in [0.2, 0.25) is 0 Å². The topological polar surface area (TPSA) is 131 Å². The molecule has 10 heteroatoms. The van der Waals surface area contributed by atoms with Gasteiger partial charge in [0.2, 0.25) is 11.9 Å². The van der Waals surface area contributed by atoms with Crippen LogP contribution in [-0.4, -0.2) is 46.7 Å². The van der Waals surface area contributed by atoms with Gasteiger partial charge >= 0.3 is 6.03 Å². The minimum Gasteiger partial charge on any atom is -0.443 e. The number of carbonyl (C=O) groups is 3. The second kappa shape index (κ2) is 7.62. The monoisotopic (exact) mass is 353 g/mol. The Hall–Kier alpha value is -3.14. The van der Waals surface area contributed by atoms with Gasteiger partial charge in [0.05, 0.1) is 12.1 Å². The highest BCUT2D eigenvalue weighted by Gasteiger charge is 2.35. The van der Waals surface area contributed by atoms with E-state index in [2.05, 4.69) is 5.32 Å². The lowest BCUT2D eigenvalue weighted by atomic mass is 10.2. The maximum absolute atomic E-state index is 12.8. The molecule has 0 saturated heterocycles. The van der Waals surface area contributed by atoms with E-state index >= 15 is 0 Å². The highest BCUT2D eigenvalue weighted by Crippen LogP contribution is 2.20. The molecule has 3 amide bonds. The van der Waals surface area contributed by atoms with Crippen molar-refractivity contribution < 1.29 is 33.5 Å². The molecule has 2 unspecified atom stereocenters. The number of carbonyl (C=O) groups excluding carboxylic acids is 3. The van der Waals surface area contributed by atoms with Gasteiger partial charge in [0.15, 0.2) is 0 Å². The van der Waals surface area contributed by atoms with Crippen molar-refractivity contribution >= 4 is 17.7 Å². The predicted octanol–water partition coefficient (Wildman–Crippen LogP) is 0.288. The average Bonchev–Trinajstić information content (AvgIpc) is 2.94. The van der Waals surface area contributed by atoms with Crippen LogP contribution in [-0.2, 0) is 14.3 Å². The minimum atomic E-state index is -1.46. The Morgan fingerprint density at radius 2 is 2.08 bits per heavy atom. The van der Waals surface area contributed by atoms with Crippen LogP contribution in [0.1, 0.15) is 6.92 Å². The third-order valence-corrected chi connectivity index (χ3v) is 3.24. The molecular formula is C15H16FN3O6. The molecule has 0 spiro atoms. The van der Waals surface area contributed by atoms with Crippen molar-refractivity contribution in [3.05, 3.63) is 42.1 Å². The van der Waals surface area contributed by atoms with Crippen molar-refractivity contribution in [1.29, 1.82) is 0 Å². The van der Waals surface area contributed by atoms with E-state index in [-0.39, 0.29) is 23.3 Å². The van der Waals surface area contributed by atoms with E-state index in [0.717, 1.165) is 18.2 Å². The summed E-state index contributed by atoms with van der Waals surface area (Å²) in [5, 5.41) is 11.9. The van der Waals surface area contributed by atoms with Crippen LogP contribution in [0.25, 0.3) is 0 Å². The Morgan fingerprint density at radius 1 is 1.44 bits per heavy atom. The fourth-order valence-corrected chi connectivity index (χ4v) is 1.90. The zero-order chi connectivity index (χ0) is 18.6. The second-order valence-electron chi connectivity index (χ2n) is 5.20. The van der Waals surface area contributed by atoms with Crippen molar-refractivity contribution in [2.24, 2.45) is 5.73 Å². The fourth-order valence-electron chi connectivity index (χ4n) is 1.90. The van der Waals surface area contributed by atoms with Crippen LogP contribution < -0.4 is 15.8 Å². The number of nitrogens with zero attached hydrogens (tertiary/aromatic N) is 1. The number of urea groups is 1. The molecule has 4 N–H and O–H groups in total. The van der Waals surface area contributed by atoms with E-state index in [1.807, 2.05) is 0 Å². The summed E-state index contributed by atoms with van der Waals surface area (Å²) in [6.45, 7) is 1.28. The maximum Gasteiger partial charge on any atom is 0.338 e. The molecule has 1 aromatic carbocycles. The van der Waals surface area contributed by atoms with Gasteiger partial charge in [0, 0.05) is 6.54 Å². The van der Waals surface area contributed by atoms with E-state index < -0.39 is 35.7 Å². The molecule has 9 nitrogen and oxygen atoms in total. The van der Waals surface area contributed by atoms with Gasteiger partial charge in [0.1, 0.15) is 11.6 Å². The van der Waals surface area contributed by atoms with Gasteiger partial charge < -0.3 is 20.5 Å². The van der Waals surface area contributed by atoms with Crippen LogP contribution in [0.5, 0.6) is 5.75 Å². The number of amides is 3. The number of primary amides is 1. The molecule has 1 aromatic rings. The molecule has 0 aliphatic carbocycles. The Morgan fingerprint density at radius 3 is 2.68 bits per heavy atom. The van der Waals surface area contributed by atoms with Crippen LogP contribution in [0.15, 0.2) is 36.3 Å². The summed E-state index contributed by atoms with van der Waals surface area (Å²) in [5.41, 5.74) is 4.89. The number of ether oxygens (including phenoxy) is 2. The van der Waals surface area contributed by atoms with Crippen molar-refractivity contribution in [2.75, 3.05) is 6.54 Å². The molecule has 0 radical (unpaired) electrons. The second-order valence-corrected chi connectivity index (χ2v) is 5.20. The highest BCUT2D eigenvalue weighted by molar-refractivity contribution is 6.11. The zero-order valence-corrected chi connectivity index (χ0v) is 13.1. The van der Waals surface area contributed by atoms with Crippen LogP contribution in [0.4, 0.5) is 9.18 Å². The fraction of sp³-hybridized carbons (Fsp3) is 0.267. The van der Waals surface area contributed by atoms with E-state index in [1.165, 1.54) is 19.1 Å². The van der Waals surface area contributed by atoms with Crippen LogP contribution in [0, 0.1) is 5.82 Å². The molecule has 1 heterocycles. The number of hydrogen-bond donors (Lipinski definition) is 3. The SMILES string of the molecule is CC(CNC(=O)C1OC(Oc2ccc(F)cc2)=CC1=O)N(O)C(N)=O. The summed E-state index contributed by atoms with van der Waals surface area (Å²) >= 11 is 0. The minimum absolute atomic E-state index is 0.153. The van der Waals surface area contributed by atoms with Crippen LogP contribution >= 0.6 is 0 Å². The molecule has 0 fully saturated rings. The van der Waals surface area contributed by atoms with Crippen molar-refractivity contribution in [3.8, 4) is 5.75 Å². The normalized spacial score (nSPS) is 17.3. The van der Waals surface area contributed by atoms with Gasteiger partial charge in [0.25, 0.3) is 11.9 Å². The number of nitrogens with two attached hydrogens (primary N) is 1. The van der Waals surface area contributed by atoms with Gasteiger partial charge in [-0.2, -0.15) is 0 Å². The van der Waals surface area contributed by atoms with Gasteiger partial charge in [-0.3, -0.25) is 14.8 Å². The molecule has 25 heavy (non-hydrogen) atoms. The molecule has 134 valence electrons. The molecule has 0 aromatic heterocycles. The summed E-state index contributed by atoms with van der Waals surface area (Å²) in [4.78, 5) is 34.6. The van der Waals surface area contributed by atoms with E-state index in [1.54, 1.807) is 0 Å². The number of nitrogens with one attached hydrogen (secondary N) is 1. The Bertz CT molecular complexity index is 706. The predicted molar refractivity (Wildman–Crippen MR) is 80.7 cm³/mol. The molecule has 1 aliphatic heterocycles. The highest BCUT2D eigenvalue weighted by atomic mass is 19.1. The number of hydroxylamine groups is 2. The zero-order valence-electron chi connectivity index (χ0n) is 13.1. The lowest BCUT2D eigenvalue weighted by Crippen LogP contribution is -2.48. The number of halogens is 1. The number of ketones is 1. The molecule has 2 rings (SSSR count). The lowest BCUT2D eigenvalue weighted by Gasteiger charge is -2.21. The summed E-state index contributed by atoms with van der Waals surface area (Å²) in [7, 11) is 0. The van der Waals surface area contributed by atoms with Gasteiger partial charge in [-0.1, -0.05) is 0 Å². The average molecular weight is 353 g/mol. The Labute approximate surface area is 141 Å². The van der Waals surface area contributed by atoms with Crippen molar-refractivity contribution in [2.45, 2.75) is 19.1 Å². The van der Waals surface area contributed by atoms with Gasteiger partial charge in [-0.15, -0.1) is 0 Å². The first kappa shape index (κ1) is 18.2. The molecule has 2 atom stereocenters. The Kier molecular flexibility index (Phi) is 5.55.